The van der Waals surface area contributed by atoms with Gasteiger partial charge in [-0.25, -0.2) is 4.39 Å². The Morgan fingerprint density at radius 3 is 2.58 bits per heavy atom. The summed E-state index contributed by atoms with van der Waals surface area (Å²) in [6.45, 7) is 5.89. The Kier molecular flexibility index (Phi) is 3.60. The van der Waals surface area contributed by atoms with Gasteiger partial charge in [-0.2, -0.15) is 4.98 Å². The largest absolute Gasteiger partial charge is 0.339 e. The molecule has 1 unspecified atom stereocenters. The lowest BCUT2D eigenvalue weighted by molar-refractivity contribution is 0.317. The standard InChI is InChI=1S/C13H15ClFN3O/c1-13(2,3)12-17-11(18-19-12)10(16)7-4-5-9(15)8(14)6-7/h4-6,10H,16H2,1-3H3. The number of nitrogens with two attached hydrogens (primary N) is 1. The van der Waals surface area contributed by atoms with Gasteiger partial charge in [0.15, 0.2) is 5.82 Å². The van der Waals surface area contributed by atoms with Gasteiger partial charge in [-0.05, 0) is 17.7 Å². The number of nitrogens with zero attached hydrogens (tertiary/aromatic N) is 2. The highest BCUT2D eigenvalue weighted by molar-refractivity contribution is 6.30. The molecular formula is C13H15ClFN3O. The highest BCUT2D eigenvalue weighted by Gasteiger charge is 2.24. The summed E-state index contributed by atoms with van der Waals surface area (Å²) < 4.78 is 18.3. The molecule has 0 aliphatic carbocycles. The predicted molar refractivity (Wildman–Crippen MR) is 70.4 cm³/mol. The van der Waals surface area contributed by atoms with Crippen molar-refractivity contribution in [2.24, 2.45) is 5.73 Å². The third kappa shape index (κ3) is 2.93. The van der Waals surface area contributed by atoms with Crippen LogP contribution in [-0.2, 0) is 5.41 Å². The fourth-order valence-electron chi connectivity index (χ4n) is 1.52. The maximum Gasteiger partial charge on any atom is 0.232 e. The highest BCUT2D eigenvalue weighted by Crippen LogP contribution is 2.25. The molecule has 1 atom stereocenters. The van der Waals surface area contributed by atoms with Gasteiger partial charge in [0, 0.05) is 5.41 Å². The van der Waals surface area contributed by atoms with Crippen LogP contribution >= 0.6 is 11.6 Å². The number of aromatic nitrogens is 2. The minimum atomic E-state index is -0.599. The third-order valence-corrected chi connectivity index (χ3v) is 2.95. The van der Waals surface area contributed by atoms with E-state index in [4.69, 9.17) is 21.9 Å². The lowest BCUT2D eigenvalue weighted by Gasteiger charge is -2.11. The normalized spacial score (nSPS) is 13.6. The molecule has 0 bridgehead atoms. The lowest BCUT2D eigenvalue weighted by Crippen LogP contribution is -2.15. The quantitative estimate of drug-likeness (QED) is 0.919. The highest BCUT2D eigenvalue weighted by atomic mass is 35.5. The minimum absolute atomic E-state index is 0.0208. The van der Waals surface area contributed by atoms with Crippen molar-refractivity contribution >= 4 is 11.6 Å². The molecule has 0 saturated heterocycles. The number of benzene rings is 1. The molecule has 19 heavy (non-hydrogen) atoms. The molecule has 4 nitrogen and oxygen atoms in total. The summed E-state index contributed by atoms with van der Waals surface area (Å²) in [5.41, 5.74) is 6.41. The Morgan fingerprint density at radius 1 is 1.37 bits per heavy atom. The van der Waals surface area contributed by atoms with Gasteiger partial charge in [0.2, 0.25) is 5.89 Å². The van der Waals surface area contributed by atoms with Gasteiger partial charge in [-0.3, -0.25) is 0 Å². The van der Waals surface area contributed by atoms with Crippen LogP contribution in [0.15, 0.2) is 22.7 Å². The zero-order chi connectivity index (χ0) is 14.2. The van der Waals surface area contributed by atoms with Crippen molar-refractivity contribution in [3.63, 3.8) is 0 Å². The summed E-state index contributed by atoms with van der Waals surface area (Å²) in [6, 6.07) is 3.69. The van der Waals surface area contributed by atoms with Gasteiger partial charge in [0.1, 0.15) is 5.82 Å². The molecule has 0 aliphatic heterocycles. The van der Waals surface area contributed by atoms with Crippen molar-refractivity contribution in [3.8, 4) is 0 Å². The van der Waals surface area contributed by atoms with Gasteiger partial charge < -0.3 is 10.3 Å². The molecule has 0 aliphatic rings. The zero-order valence-electron chi connectivity index (χ0n) is 10.9. The average molecular weight is 284 g/mol. The van der Waals surface area contributed by atoms with Crippen molar-refractivity contribution in [2.45, 2.75) is 32.2 Å². The van der Waals surface area contributed by atoms with Gasteiger partial charge >= 0.3 is 0 Å². The predicted octanol–water partition coefficient (Wildman–Crippen LogP) is 3.21. The van der Waals surface area contributed by atoms with E-state index >= 15 is 0 Å². The van der Waals surface area contributed by atoms with Crippen LogP contribution in [0.1, 0.15) is 44.1 Å². The van der Waals surface area contributed by atoms with Gasteiger partial charge in [-0.15, -0.1) is 0 Å². The molecule has 0 spiro atoms. The van der Waals surface area contributed by atoms with Crippen LogP contribution in [0.5, 0.6) is 0 Å². The lowest BCUT2D eigenvalue weighted by atomic mass is 9.97. The van der Waals surface area contributed by atoms with Crippen LogP contribution in [0.25, 0.3) is 0 Å². The van der Waals surface area contributed by atoms with Crippen LogP contribution in [0.2, 0.25) is 5.02 Å². The van der Waals surface area contributed by atoms with Crippen LogP contribution < -0.4 is 5.73 Å². The molecule has 6 heteroatoms. The second-order valence-electron chi connectivity index (χ2n) is 5.36. The first-order valence-corrected chi connectivity index (χ1v) is 6.21. The number of halogens is 2. The molecular weight excluding hydrogens is 269 g/mol. The Bertz CT molecular complexity index is 592. The van der Waals surface area contributed by atoms with E-state index in [0.717, 1.165) is 0 Å². The molecule has 0 saturated carbocycles. The first-order valence-electron chi connectivity index (χ1n) is 5.83. The summed E-state index contributed by atoms with van der Waals surface area (Å²) in [7, 11) is 0. The Hall–Kier alpha value is -1.46. The second kappa shape index (κ2) is 4.90. The molecule has 0 fully saturated rings. The van der Waals surface area contributed by atoms with Crippen LogP contribution in [0.4, 0.5) is 4.39 Å². The van der Waals surface area contributed by atoms with Crippen molar-refractivity contribution < 1.29 is 8.91 Å². The first kappa shape index (κ1) is 14.0. The molecule has 2 rings (SSSR count). The summed E-state index contributed by atoms with van der Waals surface area (Å²) in [5.74, 6) is 0.375. The maximum atomic E-state index is 13.1. The molecule has 102 valence electrons. The van der Waals surface area contributed by atoms with Crippen LogP contribution in [-0.4, -0.2) is 10.1 Å². The van der Waals surface area contributed by atoms with Crippen LogP contribution in [0.3, 0.4) is 0 Å². The molecule has 2 aromatic rings. The van der Waals surface area contributed by atoms with E-state index in [0.29, 0.717) is 17.3 Å². The summed E-state index contributed by atoms with van der Waals surface area (Å²) in [4.78, 5) is 4.27. The maximum absolute atomic E-state index is 13.1. The van der Waals surface area contributed by atoms with E-state index in [-0.39, 0.29) is 10.4 Å². The Balaban J connectivity index is 2.31. The summed E-state index contributed by atoms with van der Waals surface area (Å²) in [6.07, 6.45) is 0. The van der Waals surface area contributed by atoms with E-state index in [1.807, 2.05) is 20.8 Å². The third-order valence-electron chi connectivity index (χ3n) is 2.66. The van der Waals surface area contributed by atoms with E-state index in [1.165, 1.54) is 12.1 Å². The minimum Gasteiger partial charge on any atom is -0.339 e. The van der Waals surface area contributed by atoms with Crippen molar-refractivity contribution in [2.75, 3.05) is 0 Å². The molecule has 1 heterocycles. The van der Waals surface area contributed by atoms with Crippen molar-refractivity contribution in [1.82, 2.24) is 10.1 Å². The molecule has 1 aromatic heterocycles. The Labute approximate surface area is 115 Å². The fraction of sp³-hybridized carbons (Fsp3) is 0.385. The van der Waals surface area contributed by atoms with E-state index in [2.05, 4.69) is 10.1 Å². The van der Waals surface area contributed by atoms with Gasteiger partial charge in [0.25, 0.3) is 0 Å². The number of hydrogen-bond donors (Lipinski definition) is 1. The number of hydrogen-bond acceptors (Lipinski definition) is 4. The average Bonchev–Trinajstić information content (AvgIpc) is 2.81. The van der Waals surface area contributed by atoms with E-state index < -0.39 is 11.9 Å². The van der Waals surface area contributed by atoms with E-state index in [1.54, 1.807) is 6.07 Å². The molecule has 0 amide bonds. The smallest absolute Gasteiger partial charge is 0.232 e. The molecule has 2 N–H and O–H groups in total. The topological polar surface area (TPSA) is 64.9 Å². The second-order valence-corrected chi connectivity index (χ2v) is 5.77. The Morgan fingerprint density at radius 2 is 2.05 bits per heavy atom. The number of rotatable bonds is 2. The SMILES string of the molecule is CC(C)(C)c1nc(C(N)c2ccc(F)c(Cl)c2)no1. The summed E-state index contributed by atoms with van der Waals surface area (Å²) in [5, 5.41) is 3.88. The molecule has 1 aromatic carbocycles. The molecule has 0 radical (unpaired) electrons. The summed E-state index contributed by atoms with van der Waals surface area (Å²) >= 11 is 5.73. The van der Waals surface area contributed by atoms with E-state index in [9.17, 15) is 4.39 Å². The fourth-order valence-corrected chi connectivity index (χ4v) is 1.71. The van der Waals surface area contributed by atoms with Crippen molar-refractivity contribution in [1.29, 1.82) is 0 Å². The van der Waals surface area contributed by atoms with Crippen LogP contribution in [0, 0.1) is 5.82 Å². The van der Waals surface area contributed by atoms with Gasteiger partial charge in [-0.1, -0.05) is 43.6 Å². The zero-order valence-corrected chi connectivity index (χ0v) is 11.7. The van der Waals surface area contributed by atoms with Gasteiger partial charge in [0.05, 0.1) is 11.1 Å². The van der Waals surface area contributed by atoms with Crippen molar-refractivity contribution in [3.05, 3.63) is 46.3 Å². The monoisotopic (exact) mass is 283 g/mol. The first-order chi connectivity index (χ1) is 8.79.